The van der Waals surface area contributed by atoms with Crippen LogP contribution in [0.15, 0.2) is 0 Å². The van der Waals surface area contributed by atoms with Gasteiger partial charge in [-0.1, -0.05) is 76.2 Å². The van der Waals surface area contributed by atoms with E-state index >= 15 is 0 Å². The van der Waals surface area contributed by atoms with Crippen LogP contribution in [0.2, 0.25) is 0 Å². The van der Waals surface area contributed by atoms with Gasteiger partial charge < -0.3 is 66.3 Å². The second-order valence-electron chi connectivity index (χ2n) is 40.2. The van der Waals surface area contributed by atoms with Crippen LogP contribution in [-0.4, -0.2) is 174 Å². The molecular weight excluding hydrogens is 1510 g/mol. The first kappa shape index (κ1) is 88.3. The van der Waals surface area contributed by atoms with Crippen molar-refractivity contribution in [1.29, 1.82) is 0 Å². The molecule has 37 unspecified atom stereocenters. The van der Waals surface area contributed by atoms with Gasteiger partial charge in [-0.2, -0.15) is 0 Å². The van der Waals surface area contributed by atoms with Gasteiger partial charge >= 0.3 is 71.6 Å². The number of ether oxygens (including phenoxy) is 14. The molecular formula is C91H134O26. The number of esters is 12. The molecule has 18 fully saturated rings. The highest BCUT2D eigenvalue weighted by atomic mass is 16.6. The average molecular weight is 1640 g/mol. The van der Waals surface area contributed by atoms with Crippen molar-refractivity contribution in [3.05, 3.63) is 0 Å². The van der Waals surface area contributed by atoms with Gasteiger partial charge in [0.15, 0.2) is 0 Å². The minimum Gasteiger partial charge on any atom is -0.465 e. The first-order chi connectivity index (χ1) is 55.4. The third-order valence-electron chi connectivity index (χ3n) is 33.4. The SMILES string of the molecule is CCC(C)(C)C(=O)OC1C(C)C2CC1C1COC(=O)C21.CCC(C)(C)C(=O)OC1C2CC(C1OC)C1C(=O)OCC21.CCC(C)(C)C(=O)OC1CC2CC1C1COC(=O)C21.CCC(C)C(=O)OC1C(C)C2CC1C1COC(=O)C21.CCC(C)C(=O)OC1C2CC(C1OC)C1C(=O)OCC21.CCC(C)C(=O)OC1CC2CC1C1COC(=O)C21. The Morgan fingerprint density at radius 3 is 0.897 bits per heavy atom. The summed E-state index contributed by atoms with van der Waals surface area (Å²) in [5.41, 5.74) is -1.33. The van der Waals surface area contributed by atoms with Crippen molar-refractivity contribution in [3.8, 4) is 0 Å². The highest BCUT2D eigenvalue weighted by Crippen LogP contribution is 2.63. The van der Waals surface area contributed by atoms with Crippen LogP contribution >= 0.6 is 0 Å². The molecule has 654 valence electrons. The molecule has 37 atom stereocenters. The Bertz CT molecular complexity index is 3730. The molecule has 0 N–H and O–H groups in total. The number of fused-ring (bicyclic) bond motifs is 30. The summed E-state index contributed by atoms with van der Waals surface area (Å²) in [6.45, 7) is 36.4. The van der Waals surface area contributed by atoms with Gasteiger partial charge in [-0.15, -0.1) is 0 Å². The van der Waals surface area contributed by atoms with Crippen LogP contribution in [0.5, 0.6) is 0 Å². The predicted molar refractivity (Wildman–Crippen MR) is 416 cm³/mol. The molecule has 0 amide bonds. The molecule has 0 spiro atoms. The summed E-state index contributed by atoms with van der Waals surface area (Å²) in [5, 5.41) is 0. The van der Waals surface area contributed by atoms with Crippen LogP contribution in [0.25, 0.3) is 0 Å². The highest BCUT2D eigenvalue weighted by Gasteiger charge is 2.70. The van der Waals surface area contributed by atoms with Crippen LogP contribution in [-0.2, 0) is 124 Å². The Hall–Kier alpha value is -6.44. The molecule has 12 bridgehead atoms. The van der Waals surface area contributed by atoms with Crippen LogP contribution < -0.4 is 0 Å². The van der Waals surface area contributed by atoms with E-state index in [0.29, 0.717) is 92.9 Å². The van der Waals surface area contributed by atoms with Crippen molar-refractivity contribution in [1.82, 2.24) is 0 Å². The fourth-order valence-corrected chi connectivity index (χ4v) is 24.5. The lowest BCUT2D eigenvalue weighted by Gasteiger charge is -2.36. The maximum atomic E-state index is 12.4. The van der Waals surface area contributed by atoms with Crippen LogP contribution in [0.4, 0.5) is 0 Å². The largest absolute Gasteiger partial charge is 0.465 e. The van der Waals surface area contributed by atoms with Gasteiger partial charge in [0, 0.05) is 97.1 Å². The van der Waals surface area contributed by atoms with Gasteiger partial charge in [0.1, 0.15) is 36.6 Å². The number of cyclic esters (lactones) is 6. The summed E-state index contributed by atoms with van der Waals surface area (Å²) >= 11 is 0. The van der Waals surface area contributed by atoms with E-state index in [4.69, 9.17) is 66.3 Å². The molecule has 18 aliphatic rings. The standard InChI is InChI=1S/C16H24O5.C16H24O4.C15H22O5.2C15H22O4.C14H20O4/c1-5-16(2,3)15(18)21-13-8-6-9(12(13)19-4)11-10(8)7-20-14(11)17;1-5-16(3,4)15(18)20-13-8(2)9-6-10(13)11-7-19-14(17)12(9)11;1-4-7(2)14(16)20-13-8-5-9(12(13)18-3)11-10(8)6-19-15(11)17;1-4-15(2,3)14(17)19-11-6-8-5-9(11)10-7-18-13(16)12(8)10;1-4-7(2)14(16)19-13-8(3)9-5-10(13)11-6-18-15(17)12(9)11;1-3-7(2)13(15)18-11-5-8-4-9(11)10-6-17-14(16)12(8)10/h8-13H,5-7H2,1-4H3;8-13H,5-7H2,1-4H3;7-13H,4-6H2,1-3H3;8-12H,4-7H2,1-3H3;7-13H,4-6H2,1-3H3;7-12H,3-6H2,1-2H3. The molecule has 0 aromatic rings. The van der Waals surface area contributed by atoms with E-state index in [0.717, 1.165) is 89.9 Å². The first-order valence-corrected chi connectivity index (χ1v) is 44.7. The Kier molecular flexibility index (Phi) is 26.3. The monoisotopic (exact) mass is 1640 g/mol. The second kappa shape index (κ2) is 34.8. The normalized spacial score (nSPS) is 42.4. The van der Waals surface area contributed by atoms with Crippen molar-refractivity contribution in [3.63, 3.8) is 0 Å². The number of carbonyl (C=O) groups is 12. The summed E-state index contributed by atoms with van der Waals surface area (Å²) in [6, 6.07) is 0. The Morgan fingerprint density at radius 1 is 0.308 bits per heavy atom. The van der Waals surface area contributed by atoms with Crippen molar-refractivity contribution < 1.29 is 124 Å². The minimum atomic E-state index is -0.485. The molecule has 6 heterocycles. The summed E-state index contributed by atoms with van der Waals surface area (Å²) in [7, 11) is 3.26. The molecule has 6 saturated heterocycles. The average Bonchev–Trinajstić information content (AvgIpc) is 1.60. The summed E-state index contributed by atoms with van der Waals surface area (Å²) in [6.07, 6.45) is 11.4. The molecule has 0 aromatic carbocycles. The number of carbonyl (C=O) groups excluding carboxylic acids is 12. The maximum Gasteiger partial charge on any atom is 0.311 e. The topological polar surface area (TPSA) is 334 Å². The summed E-state index contributed by atoms with van der Waals surface area (Å²) in [4.78, 5) is 143. The van der Waals surface area contributed by atoms with E-state index in [-0.39, 0.29) is 239 Å². The van der Waals surface area contributed by atoms with Crippen LogP contribution in [0.3, 0.4) is 0 Å². The van der Waals surface area contributed by atoms with Crippen molar-refractivity contribution in [2.24, 2.45) is 188 Å². The van der Waals surface area contributed by atoms with Gasteiger partial charge in [-0.25, -0.2) is 0 Å². The Balaban J connectivity index is 0.000000122. The number of hydrogen-bond donors (Lipinski definition) is 0. The van der Waals surface area contributed by atoms with E-state index in [1.165, 1.54) is 0 Å². The highest BCUT2D eigenvalue weighted by molar-refractivity contribution is 5.82. The van der Waals surface area contributed by atoms with Crippen LogP contribution in [0, 0.1) is 188 Å². The van der Waals surface area contributed by atoms with E-state index in [9.17, 15) is 57.5 Å². The third kappa shape index (κ3) is 16.1. The van der Waals surface area contributed by atoms with E-state index < -0.39 is 16.2 Å². The van der Waals surface area contributed by atoms with Gasteiger partial charge in [-0.3, -0.25) is 57.5 Å². The quantitative estimate of drug-likeness (QED) is 0.0807. The Labute approximate surface area is 690 Å². The van der Waals surface area contributed by atoms with Gasteiger partial charge in [0.2, 0.25) is 0 Å². The van der Waals surface area contributed by atoms with Gasteiger partial charge in [-0.05, 0) is 167 Å². The molecule has 26 heteroatoms. The van der Waals surface area contributed by atoms with Crippen molar-refractivity contribution in [2.45, 2.75) is 256 Å². The number of rotatable bonds is 20. The third-order valence-corrected chi connectivity index (χ3v) is 33.4. The summed E-state index contributed by atoms with van der Waals surface area (Å²) < 4.78 is 76.7. The predicted octanol–water partition coefficient (Wildman–Crippen LogP) is 11.6. The van der Waals surface area contributed by atoms with Gasteiger partial charge in [0.05, 0.1) is 121 Å². The zero-order valence-electron chi connectivity index (χ0n) is 72.6. The van der Waals surface area contributed by atoms with E-state index in [1.807, 2.05) is 104 Å². The lowest BCUT2D eigenvalue weighted by molar-refractivity contribution is -0.175. The minimum absolute atomic E-state index is 0.000856. The molecule has 12 aliphatic carbocycles. The van der Waals surface area contributed by atoms with Crippen molar-refractivity contribution >= 4 is 71.6 Å². The lowest BCUT2D eigenvalue weighted by Crippen LogP contribution is -2.47. The number of methoxy groups -OCH3 is 2. The first-order valence-electron chi connectivity index (χ1n) is 44.7. The zero-order chi connectivity index (χ0) is 84.8. The fourth-order valence-electron chi connectivity index (χ4n) is 24.5. The van der Waals surface area contributed by atoms with E-state index in [2.05, 4.69) is 13.8 Å². The fraction of sp³-hybridized carbons (Fsp3) is 0.868. The molecule has 6 aliphatic heterocycles. The zero-order valence-corrected chi connectivity index (χ0v) is 72.6. The smallest absolute Gasteiger partial charge is 0.311 e. The lowest BCUT2D eigenvalue weighted by atomic mass is 9.74. The Morgan fingerprint density at radius 2 is 0.564 bits per heavy atom. The summed E-state index contributed by atoms with van der Waals surface area (Å²) in [5.74, 6) is 4.46. The number of hydrogen-bond acceptors (Lipinski definition) is 26. The molecule has 26 nitrogen and oxygen atoms in total. The molecule has 117 heavy (non-hydrogen) atoms. The second-order valence-corrected chi connectivity index (χ2v) is 40.2. The molecule has 0 aromatic heterocycles. The van der Waals surface area contributed by atoms with Gasteiger partial charge in [0.25, 0.3) is 0 Å². The molecule has 0 radical (unpaired) electrons. The van der Waals surface area contributed by atoms with Crippen LogP contribution in [0.1, 0.15) is 208 Å². The maximum absolute atomic E-state index is 12.4. The molecule has 18 rings (SSSR count). The van der Waals surface area contributed by atoms with Crippen molar-refractivity contribution in [2.75, 3.05) is 53.9 Å². The van der Waals surface area contributed by atoms with E-state index in [1.54, 1.807) is 14.2 Å². The molecule has 12 saturated carbocycles.